The highest BCUT2D eigenvalue weighted by Gasteiger charge is 2.26. The SMILES string of the molecule is O=C(c1ccc(OC[C@H]2CCCO2)cc1)N1CCC(c2nc3ccccc3s2)CC1. The molecule has 2 saturated heterocycles. The Morgan fingerprint density at radius 1 is 1.10 bits per heavy atom. The Bertz CT molecular complexity index is 970. The van der Waals surface area contributed by atoms with E-state index in [0.717, 1.165) is 62.2 Å². The molecule has 0 aliphatic carbocycles. The van der Waals surface area contributed by atoms with Crippen molar-refractivity contribution in [3.8, 4) is 5.75 Å². The van der Waals surface area contributed by atoms with E-state index in [0.29, 0.717) is 12.5 Å². The van der Waals surface area contributed by atoms with E-state index in [-0.39, 0.29) is 12.0 Å². The van der Waals surface area contributed by atoms with Crippen LogP contribution in [0.2, 0.25) is 0 Å². The van der Waals surface area contributed by atoms with E-state index < -0.39 is 0 Å². The highest BCUT2D eigenvalue weighted by Crippen LogP contribution is 2.34. The monoisotopic (exact) mass is 422 g/mol. The summed E-state index contributed by atoms with van der Waals surface area (Å²) in [5.74, 6) is 1.33. The van der Waals surface area contributed by atoms with Crippen LogP contribution in [0.4, 0.5) is 0 Å². The number of hydrogen-bond acceptors (Lipinski definition) is 5. The summed E-state index contributed by atoms with van der Waals surface area (Å²) in [5.41, 5.74) is 1.80. The standard InChI is InChI=1S/C24H26N2O3S/c27-24(18-7-9-19(10-8-18)29-16-20-4-3-15-28-20)26-13-11-17(12-14-26)23-25-21-5-1-2-6-22(21)30-23/h1-2,5-10,17,20H,3-4,11-16H2/t20-/m1/s1. The molecule has 2 fully saturated rings. The highest BCUT2D eigenvalue weighted by atomic mass is 32.1. The third kappa shape index (κ3) is 4.20. The first-order valence-electron chi connectivity index (χ1n) is 10.8. The number of ether oxygens (including phenoxy) is 2. The first-order chi connectivity index (χ1) is 14.8. The molecule has 1 amide bonds. The van der Waals surface area contributed by atoms with Gasteiger partial charge in [-0.3, -0.25) is 4.79 Å². The Balaban J connectivity index is 1.16. The predicted octanol–water partition coefficient (Wildman–Crippen LogP) is 4.87. The average molecular weight is 423 g/mol. The molecule has 2 aliphatic heterocycles. The van der Waals surface area contributed by atoms with Crippen LogP contribution in [0.15, 0.2) is 48.5 Å². The number of para-hydroxylation sites is 1. The summed E-state index contributed by atoms with van der Waals surface area (Å²) >= 11 is 1.79. The van der Waals surface area contributed by atoms with Gasteiger partial charge in [0.15, 0.2) is 0 Å². The summed E-state index contributed by atoms with van der Waals surface area (Å²) in [7, 11) is 0. The smallest absolute Gasteiger partial charge is 0.253 e. The molecule has 0 N–H and O–H groups in total. The molecule has 5 nitrogen and oxygen atoms in total. The Labute approximate surface area is 180 Å². The molecule has 0 saturated carbocycles. The van der Waals surface area contributed by atoms with E-state index in [2.05, 4.69) is 18.2 Å². The molecule has 5 rings (SSSR count). The minimum atomic E-state index is 0.100. The van der Waals surface area contributed by atoms with Crippen molar-refractivity contribution in [2.45, 2.75) is 37.7 Å². The van der Waals surface area contributed by atoms with Crippen LogP contribution >= 0.6 is 11.3 Å². The van der Waals surface area contributed by atoms with E-state index in [1.54, 1.807) is 11.3 Å². The fourth-order valence-electron chi connectivity index (χ4n) is 4.24. The molecule has 2 aliphatic rings. The summed E-state index contributed by atoms with van der Waals surface area (Å²) < 4.78 is 12.6. The zero-order chi connectivity index (χ0) is 20.3. The number of likely N-dealkylation sites (tertiary alicyclic amines) is 1. The maximum Gasteiger partial charge on any atom is 0.253 e. The largest absolute Gasteiger partial charge is 0.491 e. The second-order valence-electron chi connectivity index (χ2n) is 8.06. The van der Waals surface area contributed by atoms with Crippen LogP contribution in [0.3, 0.4) is 0 Å². The third-order valence-electron chi connectivity index (χ3n) is 6.00. The van der Waals surface area contributed by atoms with E-state index in [1.165, 1.54) is 9.71 Å². The van der Waals surface area contributed by atoms with Crippen molar-refractivity contribution in [2.24, 2.45) is 0 Å². The van der Waals surface area contributed by atoms with Gasteiger partial charge in [0.05, 0.1) is 21.3 Å². The molecule has 1 aromatic heterocycles. The molecule has 30 heavy (non-hydrogen) atoms. The number of aromatic nitrogens is 1. The van der Waals surface area contributed by atoms with E-state index in [4.69, 9.17) is 14.5 Å². The van der Waals surface area contributed by atoms with Gasteiger partial charge in [0.2, 0.25) is 0 Å². The molecule has 3 heterocycles. The quantitative estimate of drug-likeness (QED) is 0.588. The molecule has 0 unspecified atom stereocenters. The predicted molar refractivity (Wildman–Crippen MR) is 118 cm³/mol. The molecule has 6 heteroatoms. The maximum absolute atomic E-state index is 12.9. The molecule has 0 spiro atoms. The summed E-state index contributed by atoms with van der Waals surface area (Å²) in [6.07, 6.45) is 4.30. The Morgan fingerprint density at radius 3 is 2.63 bits per heavy atom. The number of rotatable bonds is 5. The fourth-order valence-corrected chi connectivity index (χ4v) is 5.37. The Kier molecular flexibility index (Phi) is 5.69. The summed E-state index contributed by atoms with van der Waals surface area (Å²) in [6.45, 7) is 2.96. The Morgan fingerprint density at radius 2 is 1.90 bits per heavy atom. The van der Waals surface area contributed by atoms with Crippen LogP contribution in [0, 0.1) is 0 Å². The van der Waals surface area contributed by atoms with Gasteiger partial charge in [-0.25, -0.2) is 4.98 Å². The van der Waals surface area contributed by atoms with Gasteiger partial charge in [-0.15, -0.1) is 11.3 Å². The van der Waals surface area contributed by atoms with Crippen molar-refractivity contribution in [1.29, 1.82) is 0 Å². The van der Waals surface area contributed by atoms with Crippen LogP contribution in [-0.2, 0) is 4.74 Å². The summed E-state index contributed by atoms with van der Waals surface area (Å²) in [6, 6.07) is 15.8. The van der Waals surface area contributed by atoms with Crippen LogP contribution in [0.25, 0.3) is 10.2 Å². The van der Waals surface area contributed by atoms with Crippen molar-refractivity contribution in [2.75, 3.05) is 26.3 Å². The molecular weight excluding hydrogens is 396 g/mol. The number of piperidine rings is 1. The first kappa shape index (κ1) is 19.5. The van der Waals surface area contributed by atoms with Gasteiger partial charge in [-0.05, 0) is 62.1 Å². The minimum absolute atomic E-state index is 0.100. The number of thiazole rings is 1. The zero-order valence-corrected chi connectivity index (χ0v) is 17.8. The van der Waals surface area contributed by atoms with Crippen molar-refractivity contribution in [3.63, 3.8) is 0 Å². The third-order valence-corrected chi connectivity index (χ3v) is 7.20. The fraction of sp³-hybridized carbons (Fsp3) is 0.417. The number of carbonyl (C=O) groups is 1. The number of carbonyl (C=O) groups excluding carboxylic acids is 1. The number of benzene rings is 2. The average Bonchev–Trinajstić information content (AvgIpc) is 3.47. The zero-order valence-electron chi connectivity index (χ0n) is 17.0. The second kappa shape index (κ2) is 8.74. The van der Waals surface area contributed by atoms with Crippen LogP contribution in [0.1, 0.15) is 47.0 Å². The lowest BCUT2D eigenvalue weighted by Crippen LogP contribution is -2.37. The maximum atomic E-state index is 12.9. The van der Waals surface area contributed by atoms with Gasteiger partial charge >= 0.3 is 0 Å². The van der Waals surface area contributed by atoms with Gasteiger partial charge in [0.1, 0.15) is 12.4 Å². The molecule has 156 valence electrons. The molecule has 0 radical (unpaired) electrons. The van der Waals surface area contributed by atoms with Crippen molar-refractivity contribution < 1.29 is 14.3 Å². The van der Waals surface area contributed by atoms with Crippen LogP contribution < -0.4 is 4.74 Å². The normalized spacial score (nSPS) is 20.0. The number of nitrogens with zero attached hydrogens (tertiary/aromatic N) is 2. The minimum Gasteiger partial charge on any atom is -0.491 e. The number of fused-ring (bicyclic) bond motifs is 1. The van der Waals surface area contributed by atoms with Crippen LogP contribution in [-0.4, -0.2) is 48.2 Å². The van der Waals surface area contributed by atoms with E-state index in [9.17, 15) is 4.79 Å². The molecule has 3 aromatic rings. The lowest BCUT2D eigenvalue weighted by atomic mass is 9.97. The van der Waals surface area contributed by atoms with Crippen molar-refractivity contribution in [1.82, 2.24) is 9.88 Å². The second-order valence-corrected chi connectivity index (χ2v) is 9.12. The summed E-state index contributed by atoms with van der Waals surface area (Å²) in [4.78, 5) is 19.7. The Hall–Kier alpha value is -2.44. The molecular formula is C24H26N2O3S. The number of hydrogen-bond donors (Lipinski definition) is 0. The highest BCUT2D eigenvalue weighted by molar-refractivity contribution is 7.18. The van der Waals surface area contributed by atoms with Crippen molar-refractivity contribution in [3.05, 3.63) is 59.1 Å². The van der Waals surface area contributed by atoms with Crippen molar-refractivity contribution >= 4 is 27.5 Å². The van der Waals surface area contributed by atoms with Gasteiger partial charge in [-0.2, -0.15) is 0 Å². The van der Waals surface area contributed by atoms with Gasteiger partial charge in [-0.1, -0.05) is 12.1 Å². The topological polar surface area (TPSA) is 51.7 Å². The van der Waals surface area contributed by atoms with Gasteiger partial charge in [0, 0.05) is 31.2 Å². The molecule has 2 aromatic carbocycles. The lowest BCUT2D eigenvalue weighted by molar-refractivity contribution is 0.0677. The lowest BCUT2D eigenvalue weighted by Gasteiger charge is -2.31. The first-order valence-corrected chi connectivity index (χ1v) is 11.6. The number of amides is 1. The van der Waals surface area contributed by atoms with E-state index >= 15 is 0 Å². The summed E-state index contributed by atoms with van der Waals surface area (Å²) in [5, 5.41) is 1.20. The van der Waals surface area contributed by atoms with Gasteiger partial charge in [0.25, 0.3) is 5.91 Å². The molecule has 1 atom stereocenters. The van der Waals surface area contributed by atoms with E-state index in [1.807, 2.05) is 35.2 Å². The molecule has 0 bridgehead atoms. The van der Waals surface area contributed by atoms with Gasteiger partial charge < -0.3 is 14.4 Å². The van der Waals surface area contributed by atoms with Crippen LogP contribution in [0.5, 0.6) is 5.75 Å².